The second kappa shape index (κ2) is 9.11. The SMILES string of the molecule is CCN(CC)c1ccc(N2CC(C(=O)NCc3ccc(Cl)cc3)CC2=O)cc1. The van der Waals surface area contributed by atoms with Crippen LogP contribution in [0.15, 0.2) is 48.5 Å². The van der Waals surface area contributed by atoms with Crippen molar-refractivity contribution in [1.29, 1.82) is 0 Å². The Bertz CT molecular complexity index is 817. The number of carbonyl (C=O) groups is 2. The summed E-state index contributed by atoms with van der Waals surface area (Å²) in [4.78, 5) is 28.9. The molecule has 3 rings (SSSR count). The molecule has 1 N–H and O–H groups in total. The van der Waals surface area contributed by atoms with Gasteiger partial charge in [-0.3, -0.25) is 9.59 Å². The topological polar surface area (TPSA) is 52.6 Å². The van der Waals surface area contributed by atoms with Gasteiger partial charge in [-0.2, -0.15) is 0 Å². The lowest BCUT2D eigenvalue weighted by Crippen LogP contribution is -2.32. The zero-order valence-electron chi connectivity index (χ0n) is 16.3. The van der Waals surface area contributed by atoms with Crippen LogP contribution in [0.3, 0.4) is 0 Å². The zero-order valence-corrected chi connectivity index (χ0v) is 17.1. The van der Waals surface area contributed by atoms with Gasteiger partial charge in [0, 0.05) is 49.0 Å². The molecule has 1 unspecified atom stereocenters. The largest absolute Gasteiger partial charge is 0.372 e. The van der Waals surface area contributed by atoms with Gasteiger partial charge < -0.3 is 15.1 Å². The number of nitrogens with zero attached hydrogens (tertiary/aromatic N) is 2. The van der Waals surface area contributed by atoms with Gasteiger partial charge in [0.25, 0.3) is 0 Å². The van der Waals surface area contributed by atoms with Gasteiger partial charge in [-0.1, -0.05) is 23.7 Å². The molecular formula is C22H26ClN3O2. The Labute approximate surface area is 171 Å². The molecule has 1 aliphatic heterocycles. The molecule has 0 aliphatic carbocycles. The predicted molar refractivity (Wildman–Crippen MR) is 114 cm³/mol. The maximum Gasteiger partial charge on any atom is 0.227 e. The number of halogens is 1. The predicted octanol–water partition coefficient (Wildman–Crippen LogP) is 3.86. The van der Waals surface area contributed by atoms with Crippen molar-refractivity contribution in [3.63, 3.8) is 0 Å². The van der Waals surface area contributed by atoms with E-state index in [2.05, 4.69) is 24.1 Å². The summed E-state index contributed by atoms with van der Waals surface area (Å²) >= 11 is 5.88. The second-order valence-electron chi connectivity index (χ2n) is 6.94. The van der Waals surface area contributed by atoms with Crippen LogP contribution in [0, 0.1) is 5.92 Å². The third-order valence-electron chi connectivity index (χ3n) is 5.17. The van der Waals surface area contributed by atoms with Crippen LogP contribution in [0.4, 0.5) is 11.4 Å². The maximum absolute atomic E-state index is 12.5. The highest BCUT2D eigenvalue weighted by atomic mass is 35.5. The molecule has 1 aliphatic rings. The van der Waals surface area contributed by atoms with Gasteiger partial charge in [0.2, 0.25) is 11.8 Å². The van der Waals surface area contributed by atoms with E-state index in [1.165, 1.54) is 0 Å². The molecule has 1 heterocycles. The Kier molecular flexibility index (Phi) is 6.57. The van der Waals surface area contributed by atoms with E-state index < -0.39 is 0 Å². The van der Waals surface area contributed by atoms with E-state index in [4.69, 9.17) is 11.6 Å². The van der Waals surface area contributed by atoms with Gasteiger partial charge in [-0.25, -0.2) is 0 Å². The summed E-state index contributed by atoms with van der Waals surface area (Å²) in [6, 6.07) is 15.3. The Hall–Kier alpha value is -2.53. The van der Waals surface area contributed by atoms with Crippen molar-refractivity contribution in [3.8, 4) is 0 Å². The molecule has 148 valence electrons. The fourth-order valence-corrected chi connectivity index (χ4v) is 3.63. The lowest BCUT2D eigenvalue weighted by molar-refractivity contribution is -0.126. The van der Waals surface area contributed by atoms with Crippen LogP contribution < -0.4 is 15.1 Å². The van der Waals surface area contributed by atoms with E-state index in [-0.39, 0.29) is 24.2 Å². The van der Waals surface area contributed by atoms with E-state index in [1.807, 2.05) is 36.4 Å². The highest BCUT2D eigenvalue weighted by Gasteiger charge is 2.35. The molecule has 5 nitrogen and oxygen atoms in total. The third-order valence-corrected chi connectivity index (χ3v) is 5.42. The van der Waals surface area contributed by atoms with Crippen molar-refractivity contribution in [2.45, 2.75) is 26.8 Å². The summed E-state index contributed by atoms with van der Waals surface area (Å²) in [5, 5.41) is 3.59. The number of anilines is 2. The molecule has 1 atom stereocenters. The highest BCUT2D eigenvalue weighted by Crippen LogP contribution is 2.27. The van der Waals surface area contributed by atoms with Crippen LogP contribution in [0.5, 0.6) is 0 Å². The Morgan fingerprint density at radius 2 is 1.75 bits per heavy atom. The summed E-state index contributed by atoms with van der Waals surface area (Å²) in [5.74, 6) is -0.435. The van der Waals surface area contributed by atoms with Crippen LogP contribution in [-0.2, 0) is 16.1 Å². The number of rotatable bonds is 7. The van der Waals surface area contributed by atoms with Crippen LogP contribution in [0.1, 0.15) is 25.8 Å². The van der Waals surface area contributed by atoms with Crippen LogP contribution in [-0.4, -0.2) is 31.4 Å². The molecule has 0 bridgehead atoms. The van der Waals surface area contributed by atoms with Crippen molar-refractivity contribution in [3.05, 3.63) is 59.1 Å². The van der Waals surface area contributed by atoms with Gasteiger partial charge in [-0.05, 0) is 55.8 Å². The molecule has 2 aromatic rings. The molecule has 0 spiro atoms. The molecule has 2 amide bonds. The lowest BCUT2D eigenvalue weighted by Gasteiger charge is -2.22. The number of amides is 2. The molecule has 6 heteroatoms. The average molecular weight is 400 g/mol. The Morgan fingerprint density at radius 1 is 1.11 bits per heavy atom. The average Bonchev–Trinajstić information content (AvgIpc) is 3.10. The summed E-state index contributed by atoms with van der Waals surface area (Å²) < 4.78 is 0. The standard InChI is InChI=1S/C22H26ClN3O2/c1-3-25(4-2)19-9-11-20(12-10-19)26-15-17(13-21(26)27)22(28)24-14-16-5-7-18(23)8-6-16/h5-12,17H,3-4,13-15H2,1-2H3,(H,24,28). The molecule has 1 saturated heterocycles. The summed E-state index contributed by atoms with van der Waals surface area (Å²) in [7, 11) is 0. The molecule has 28 heavy (non-hydrogen) atoms. The van der Waals surface area contributed by atoms with Crippen molar-refractivity contribution in [1.82, 2.24) is 5.32 Å². The minimum atomic E-state index is -0.331. The van der Waals surface area contributed by atoms with E-state index in [0.29, 0.717) is 18.1 Å². The number of benzene rings is 2. The number of nitrogens with one attached hydrogen (secondary N) is 1. The first kappa shape index (κ1) is 20.2. The fraction of sp³-hybridized carbons (Fsp3) is 0.364. The van der Waals surface area contributed by atoms with E-state index >= 15 is 0 Å². The van der Waals surface area contributed by atoms with E-state index in [9.17, 15) is 9.59 Å². The normalized spacial score (nSPS) is 16.3. The van der Waals surface area contributed by atoms with Crippen molar-refractivity contribution in [2.24, 2.45) is 5.92 Å². The summed E-state index contributed by atoms with van der Waals surface area (Å²) in [6.45, 7) is 6.96. The van der Waals surface area contributed by atoms with E-state index in [1.54, 1.807) is 17.0 Å². The monoisotopic (exact) mass is 399 g/mol. The first-order chi connectivity index (χ1) is 13.5. The molecule has 2 aromatic carbocycles. The summed E-state index contributed by atoms with van der Waals surface area (Å²) in [6.07, 6.45) is 0.240. The molecule has 0 saturated carbocycles. The number of hydrogen-bond donors (Lipinski definition) is 1. The van der Waals surface area contributed by atoms with Crippen LogP contribution in [0.2, 0.25) is 5.02 Å². The van der Waals surface area contributed by atoms with Crippen LogP contribution in [0.25, 0.3) is 0 Å². The quantitative estimate of drug-likeness (QED) is 0.769. The lowest BCUT2D eigenvalue weighted by atomic mass is 10.1. The summed E-state index contributed by atoms with van der Waals surface area (Å²) in [5.41, 5.74) is 2.96. The smallest absolute Gasteiger partial charge is 0.227 e. The van der Waals surface area contributed by atoms with Crippen molar-refractivity contribution in [2.75, 3.05) is 29.4 Å². The van der Waals surface area contributed by atoms with Crippen LogP contribution >= 0.6 is 11.6 Å². The second-order valence-corrected chi connectivity index (χ2v) is 7.37. The first-order valence-corrected chi connectivity index (χ1v) is 10.1. The minimum Gasteiger partial charge on any atom is -0.372 e. The van der Waals surface area contributed by atoms with Gasteiger partial charge >= 0.3 is 0 Å². The van der Waals surface area contributed by atoms with E-state index in [0.717, 1.165) is 30.0 Å². The third kappa shape index (κ3) is 4.65. The Morgan fingerprint density at radius 3 is 2.36 bits per heavy atom. The van der Waals surface area contributed by atoms with Gasteiger partial charge in [-0.15, -0.1) is 0 Å². The fourth-order valence-electron chi connectivity index (χ4n) is 3.50. The molecular weight excluding hydrogens is 374 g/mol. The molecule has 0 radical (unpaired) electrons. The first-order valence-electron chi connectivity index (χ1n) is 9.69. The number of carbonyl (C=O) groups excluding carboxylic acids is 2. The zero-order chi connectivity index (χ0) is 20.1. The molecule has 0 aromatic heterocycles. The molecule has 1 fully saturated rings. The Balaban J connectivity index is 1.59. The number of hydrogen-bond acceptors (Lipinski definition) is 3. The highest BCUT2D eigenvalue weighted by molar-refractivity contribution is 6.30. The minimum absolute atomic E-state index is 0.0118. The van der Waals surface area contributed by atoms with Crippen molar-refractivity contribution >= 4 is 34.8 Å². The van der Waals surface area contributed by atoms with Gasteiger partial charge in [0.15, 0.2) is 0 Å². The maximum atomic E-state index is 12.5. The van der Waals surface area contributed by atoms with Gasteiger partial charge in [0.05, 0.1) is 5.92 Å². The van der Waals surface area contributed by atoms with Crippen molar-refractivity contribution < 1.29 is 9.59 Å². The van der Waals surface area contributed by atoms with Gasteiger partial charge in [0.1, 0.15) is 0 Å².